The van der Waals surface area contributed by atoms with Crippen LogP contribution in [0.2, 0.25) is 0 Å². The van der Waals surface area contributed by atoms with Gasteiger partial charge in [0.05, 0.1) is 27.4 Å². The van der Waals surface area contributed by atoms with Gasteiger partial charge in [0.15, 0.2) is 0 Å². The molecule has 10 nitrogen and oxygen atoms in total. The molecular weight excluding hydrogens is 408 g/mol. The van der Waals surface area contributed by atoms with Crippen molar-refractivity contribution in [2.45, 2.75) is 19.4 Å². The van der Waals surface area contributed by atoms with Crippen LogP contribution < -0.4 is 9.47 Å². The van der Waals surface area contributed by atoms with Crippen molar-refractivity contribution in [3.05, 3.63) is 23.8 Å². The molecule has 2 aliphatic heterocycles. The monoisotopic (exact) mass is 438 g/mol. The number of ether oxygens (including phenoxy) is 3. The van der Waals surface area contributed by atoms with E-state index < -0.39 is 11.9 Å². The summed E-state index contributed by atoms with van der Waals surface area (Å²) >= 11 is 0. The molecule has 0 unspecified atom stereocenters. The number of likely N-dealkylation sites (tertiary alicyclic amines) is 1. The molecule has 0 radical (unpaired) electrons. The van der Waals surface area contributed by atoms with Crippen molar-refractivity contribution in [2.24, 2.45) is 5.92 Å². The number of carboxylic acid groups (broad SMARTS) is 2. The highest BCUT2D eigenvalue weighted by Gasteiger charge is 2.29. The molecule has 2 fully saturated rings. The van der Waals surface area contributed by atoms with Gasteiger partial charge in [-0.15, -0.1) is 0 Å². The number of morpholine rings is 1. The van der Waals surface area contributed by atoms with E-state index >= 15 is 0 Å². The minimum atomic E-state index is -1.82. The SMILES string of the molecule is COc1ccc(CN2CCC(C(=O)N3CCOCC3)CC2)c(OC)c1.O=C(O)C(=O)O. The molecule has 2 N–H and O–H groups in total. The lowest BCUT2D eigenvalue weighted by atomic mass is 9.94. The number of nitrogens with zero attached hydrogens (tertiary/aromatic N) is 2. The van der Waals surface area contributed by atoms with E-state index in [-0.39, 0.29) is 5.92 Å². The van der Waals surface area contributed by atoms with E-state index in [4.69, 9.17) is 34.0 Å². The average molecular weight is 438 g/mol. The number of carboxylic acids is 2. The van der Waals surface area contributed by atoms with Crippen molar-refractivity contribution < 1.29 is 38.8 Å². The molecule has 2 heterocycles. The van der Waals surface area contributed by atoms with Crippen LogP contribution in [0.1, 0.15) is 18.4 Å². The molecule has 0 spiro atoms. The molecule has 1 aromatic carbocycles. The lowest BCUT2D eigenvalue weighted by Gasteiger charge is -2.35. The van der Waals surface area contributed by atoms with E-state index in [0.717, 1.165) is 62.6 Å². The number of piperidine rings is 1. The van der Waals surface area contributed by atoms with Crippen LogP contribution in [0.4, 0.5) is 0 Å². The van der Waals surface area contributed by atoms with Gasteiger partial charge in [0.1, 0.15) is 11.5 Å². The van der Waals surface area contributed by atoms with Crippen LogP contribution in [0.5, 0.6) is 11.5 Å². The Balaban J connectivity index is 0.000000501. The van der Waals surface area contributed by atoms with Gasteiger partial charge in [-0.1, -0.05) is 6.07 Å². The van der Waals surface area contributed by atoms with Crippen molar-refractivity contribution in [2.75, 3.05) is 53.6 Å². The predicted octanol–water partition coefficient (Wildman–Crippen LogP) is 0.930. The minimum absolute atomic E-state index is 0.159. The Bertz CT molecular complexity index is 744. The van der Waals surface area contributed by atoms with E-state index in [2.05, 4.69) is 11.0 Å². The van der Waals surface area contributed by atoms with Gasteiger partial charge >= 0.3 is 11.9 Å². The van der Waals surface area contributed by atoms with Gasteiger partial charge in [-0.25, -0.2) is 9.59 Å². The number of hydrogen-bond donors (Lipinski definition) is 2. The minimum Gasteiger partial charge on any atom is -0.497 e. The maximum atomic E-state index is 12.6. The van der Waals surface area contributed by atoms with Gasteiger partial charge in [-0.2, -0.15) is 0 Å². The normalized spacial score (nSPS) is 17.3. The number of methoxy groups -OCH3 is 2. The molecule has 0 aromatic heterocycles. The number of hydrogen-bond acceptors (Lipinski definition) is 7. The first-order valence-corrected chi connectivity index (χ1v) is 10.1. The first-order chi connectivity index (χ1) is 14.8. The smallest absolute Gasteiger partial charge is 0.414 e. The molecule has 0 bridgehead atoms. The van der Waals surface area contributed by atoms with E-state index in [1.165, 1.54) is 0 Å². The van der Waals surface area contributed by atoms with Crippen LogP contribution in [0.25, 0.3) is 0 Å². The van der Waals surface area contributed by atoms with Gasteiger partial charge in [0, 0.05) is 37.2 Å². The van der Waals surface area contributed by atoms with Crippen LogP contribution in [0.15, 0.2) is 18.2 Å². The van der Waals surface area contributed by atoms with Gasteiger partial charge in [-0.3, -0.25) is 9.69 Å². The van der Waals surface area contributed by atoms with E-state index in [1.807, 2.05) is 17.0 Å². The number of rotatable bonds is 5. The number of benzene rings is 1. The molecule has 3 rings (SSSR count). The number of amides is 1. The topological polar surface area (TPSA) is 126 Å². The molecule has 10 heteroatoms. The zero-order valence-electron chi connectivity index (χ0n) is 17.9. The molecule has 0 aliphatic carbocycles. The summed E-state index contributed by atoms with van der Waals surface area (Å²) in [5.41, 5.74) is 1.15. The largest absolute Gasteiger partial charge is 0.497 e. The Morgan fingerprint density at radius 2 is 1.61 bits per heavy atom. The Morgan fingerprint density at radius 1 is 1.00 bits per heavy atom. The Kier molecular flexibility index (Phi) is 9.54. The first kappa shape index (κ1) is 24.4. The van der Waals surface area contributed by atoms with Crippen LogP contribution >= 0.6 is 0 Å². The Hall–Kier alpha value is -2.85. The summed E-state index contributed by atoms with van der Waals surface area (Å²) in [5.74, 6) is -1.52. The van der Waals surface area contributed by atoms with Crippen LogP contribution in [-0.4, -0.2) is 91.5 Å². The van der Waals surface area contributed by atoms with Crippen molar-refractivity contribution in [3.63, 3.8) is 0 Å². The highest BCUT2D eigenvalue weighted by molar-refractivity contribution is 6.27. The van der Waals surface area contributed by atoms with Gasteiger partial charge in [0.25, 0.3) is 0 Å². The fraction of sp³-hybridized carbons (Fsp3) is 0.571. The zero-order valence-corrected chi connectivity index (χ0v) is 17.9. The highest BCUT2D eigenvalue weighted by atomic mass is 16.5. The maximum Gasteiger partial charge on any atom is 0.414 e. The molecule has 1 amide bonds. The predicted molar refractivity (Wildman–Crippen MR) is 110 cm³/mol. The zero-order chi connectivity index (χ0) is 22.8. The second-order valence-corrected chi connectivity index (χ2v) is 7.28. The average Bonchev–Trinajstić information content (AvgIpc) is 2.80. The van der Waals surface area contributed by atoms with Crippen LogP contribution in [0.3, 0.4) is 0 Å². The summed E-state index contributed by atoms with van der Waals surface area (Å²) in [6.07, 6.45) is 1.85. The fourth-order valence-corrected chi connectivity index (χ4v) is 3.60. The van der Waals surface area contributed by atoms with E-state index in [1.54, 1.807) is 14.2 Å². The summed E-state index contributed by atoms with van der Waals surface area (Å²) in [6, 6.07) is 5.94. The third-order valence-corrected chi connectivity index (χ3v) is 5.33. The number of aliphatic carboxylic acids is 2. The number of carbonyl (C=O) groups excluding carboxylic acids is 1. The molecule has 2 aliphatic rings. The van der Waals surface area contributed by atoms with Crippen molar-refractivity contribution >= 4 is 17.8 Å². The summed E-state index contributed by atoms with van der Waals surface area (Å²) in [4.78, 5) is 35.2. The molecule has 0 atom stereocenters. The van der Waals surface area contributed by atoms with Crippen molar-refractivity contribution in [3.8, 4) is 11.5 Å². The third kappa shape index (κ3) is 7.41. The van der Waals surface area contributed by atoms with Gasteiger partial charge < -0.3 is 29.3 Å². The second-order valence-electron chi connectivity index (χ2n) is 7.28. The first-order valence-electron chi connectivity index (χ1n) is 10.1. The molecule has 1 aromatic rings. The summed E-state index contributed by atoms with van der Waals surface area (Å²) < 4.78 is 16.1. The summed E-state index contributed by atoms with van der Waals surface area (Å²) in [7, 11) is 3.34. The molecule has 172 valence electrons. The molecular formula is C21H30N2O8. The Labute approximate surface area is 181 Å². The molecule has 0 saturated carbocycles. The number of carbonyl (C=O) groups is 3. The summed E-state index contributed by atoms with van der Waals surface area (Å²) in [5, 5.41) is 14.8. The molecule has 2 saturated heterocycles. The van der Waals surface area contributed by atoms with E-state index in [9.17, 15) is 4.79 Å². The van der Waals surface area contributed by atoms with Crippen molar-refractivity contribution in [1.82, 2.24) is 9.80 Å². The van der Waals surface area contributed by atoms with Crippen LogP contribution in [0, 0.1) is 5.92 Å². The second kappa shape index (κ2) is 12.1. The standard InChI is InChI=1S/C19H28N2O4.C2H2O4/c1-23-17-4-3-16(18(13-17)24-2)14-20-7-5-15(6-8-20)19(22)21-9-11-25-12-10-21;3-1(4)2(5)6/h3-4,13,15H,5-12,14H2,1-2H3;(H,3,4)(H,5,6). The lowest BCUT2D eigenvalue weighted by molar-refractivity contribution is -0.159. The highest BCUT2D eigenvalue weighted by Crippen LogP contribution is 2.28. The lowest BCUT2D eigenvalue weighted by Crippen LogP contribution is -2.46. The van der Waals surface area contributed by atoms with Gasteiger partial charge in [-0.05, 0) is 32.0 Å². The van der Waals surface area contributed by atoms with E-state index in [0.29, 0.717) is 19.1 Å². The third-order valence-electron chi connectivity index (χ3n) is 5.33. The summed E-state index contributed by atoms with van der Waals surface area (Å²) in [6.45, 7) is 5.53. The quantitative estimate of drug-likeness (QED) is 0.646. The molecule has 31 heavy (non-hydrogen) atoms. The maximum absolute atomic E-state index is 12.6. The van der Waals surface area contributed by atoms with Gasteiger partial charge in [0.2, 0.25) is 5.91 Å². The Morgan fingerprint density at radius 3 is 2.13 bits per heavy atom. The van der Waals surface area contributed by atoms with Crippen molar-refractivity contribution in [1.29, 1.82) is 0 Å². The van der Waals surface area contributed by atoms with Crippen LogP contribution in [-0.2, 0) is 25.7 Å². The fourth-order valence-electron chi connectivity index (χ4n) is 3.60.